The van der Waals surface area contributed by atoms with Crippen LogP contribution < -0.4 is 11.2 Å². The molecule has 3 N–H and O–H groups in total. The van der Waals surface area contributed by atoms with Crippen LogP contribution in [0, 0.1) is 5.92 Å². The van der Waals surface area contributed by atoms with Crippen molar-refractivity contribution in [3.05, 3.63) is 0 Å². The van der Waals surface area contributed by atoms with E-state index in [-0.39, 0.29) is 18.0 Å². The van der Waals surface area contributed by atoms with Crippen molar-refractivity contribution < 1.29 is 13.2 Å². The van der Waals surface area contributed by atoms with Crippen molar-refractivity contribution in [1.29, 1.82) is 0 Å². The van der Waals surface area contributed by atoms with E-state index in [1.54, 1.807) is 0 Å². The van der Waals surface area contributed by atoms with Gasteiger partial charge in [0, 0.05) is 5.71 Å². The van der Waals surface area contributed by atoms with Gasteiger partial charge in [-0.05, 0) is 37.9 Å². The fraction of sp³-hybridized carbons (Fsp3) is 0.750. The molecule has 7 heteroatoms. The first-order chi connectivity index (χ1) is 6.89. The van der Waals surface area contributed by atoms with Gasteiger partial charge in [0.15, 0.2) is 5.11 Å². The van der Waals surface area contributed by atoms with Gasteiger partial charge < -0.3 is 5.73 Å². The number of hydrazone groups is 1. The van der Waals surface area contributed by atoms with E-state index < -0.39 is 12.1 Å². The molecule has 3 nitrogen and oxygen atoms in total. The number of alkyl halides is 3. The van der Waals surface area contributed by atoms with Crippen molar-refractivity contribution in [2.24, 2.45) is 16.8 Å². The second-order valence-corrected chi connectivity index (χ2v) is 3.93. The Kier molecular flexibility index (Phi) is 3.90. The fourth-order valence-electron chi connectivity index (χ4n) is 1.56. The van der Waals surface area contributed by atoms with Gasteiger partial charge in [-0.2, -0.15) is 18.3 Å². The lowest BCUT2D eigenvalue weighted by molar-refractivity contribution is -0.175. The molecule has 0 spiro atoms. The minimum atomic E-state index is -4.13. The minimum Gasteiger partial charge on any atom is -0.375 e. The number of hydrogen-bond acceptors (Lipinski definition) is 2. The molecule has 86 valence electrons. The Hall–Kier alpha value is -0.850. The molecule has 0 aromatic carbocycles. The molecule has 0 heterocycles. The van der Waals surface area contributed by atoms with Gasteiger partial charge in [-0.1, -0.05) is 0 Å². The summed E-state index contributed by atoms with van der Waals surface area (Å²) in [7, 11) is 0. The van der Waals surface area contributed by atoms with Crippen LogP contribution in [0.3, 0.4) is 0 Å². The molecule has 0 amide bonds. The second kappa shape index (κ2) is 4.78. The summed E-state index contributed by atoms with van der Waals surface area (Å²) in [5.74, 6) is -1.28. The molecular formula is C8H12F3N3S. The number of halogens is 3. The zero-order valence-electron chi connectivity index (χ0n) is 7.97. The first kappa shape index (κ1) is 12.2. The van der Waals surface area contributed by atoms with Crippen molar-refractivity contribution >= 4 is 23.0 Å². The summed E-state index contributed by atoms with van der Waals surface area (Å²) in [6, 6.07) is 0. The van der Waals surface area contributed by atoms with Gasteiger partial charge >= 0.3 is 6.18 Å². The number of thiocarbonyl (C=S) groups is 1. The van der Waals surface area contributed by atoms with Crippen LogP contribution in [0.1, 0.15) is 25.7 Å². The molecule has 15 heavy (non-hydrogen) atoms. The zero-order chi connectivity index (χ0) is 11.5. The summed E-state index contributed by atoms with van der Waals surface area (Å²) in [4.78, 5) is 0. The van der Waals surface area contributed by atoms with E-state index >= 15 is 0 Å². The maximum atomic E-state index is 12.4. The van der Waals surface area contributed by atoms with E-state index in [1.807, 2.05) is 0 Å². The third-order valence-electron chi connectivity index (χ3n) is 2.29. The Morgan fingerprint density at radius 2 is 2.20 bits per heavy atom. The largest absolute Gasteiger partial charge is 0.392 e. The summed E-state index contributed by atoms with van der Waals surface area (Å²) in [5, 5.41) is 3.72. The van der Waals surface area contributed by atoms with Gasteiger partial charge in [0.1, 0.15) is 0 Å². The summed E-state index contributed by atoms with van der Waals surface area (Å²) >= 11 is 4.50. The number of rotatable bonds is 1. The first-order valence-electron chi connectivity index (χ1n) is 4.57. The molecule has 1 aliphatic rings. The van der Waals surface area contributed by atoms with Gasteiger partial charge in [-0.25, -0.2) is 0 Å². The van der Waals surface area contributed by atoms with Crippen LogP contribution in [0.25, 0.3) is 0 Å². The quantitative estimate of drug-likeness (QED) is 0.543. The molecule has 1 rings (SSSR count). The highest BCUT2D eigenvalue weighted by atomic mass is 32.1. The lowest BCUT2D eigenvalue weighted by Crippen LogP contribution is -2.31. The van der Waals surface area contributed by atoms with Crippen LogP contribution in [0.15, 0.2) is 5.10 Å². The maximum absolute atomic E-state index is 12.4. The Morgan fingerprint density at radius 1 is 1.53 bits per heavy atom. The zero-order valence-corrected chi connectivity index (χ0v) is 8.79. The lowest BCUT2D eigenvalue weighted by Gasteiger charge is -2.25. The first-order valence-corrected chi connectivity index (χ1v) is 4.98. The molecule has 0 radical (unpaired) electrons. The van der Waals surface area contributed by atoms with Gasteiger partial charge in [0.2, 0.25) is 0 Å². The van der Waals surface area contributed by atoms with Crippen LogP contribution in [0.4, 0.5) is 13.2 Å². The molecule has 0 unspecified atom stereocenters. The molecule has 0 saturated heterocycles. The topological polar surface area (TPSA) is 50.4 Å². The van der Waals surface area contributed by atoms with Crippen molar-refractivity contribution in [3.63, 3.8) is 0 Å². The van der Waals surface area contributed by atoms with E-state index in [9.17, 15) is 13.2 Å². The van der Waals surface area contributed by atoms with E-state index in [2.05, 4.69) is 22.7 Å². The van der Waals surface area contributed by atoms with Crippen molar-refractivity contribution in [2.45, 2.75) is 31.9 Å². The molecule has 0 aliphatic heterocycles. The van der Waals surface area contributed by atoms with E-state index in [0.29, 0.717) is 18.6 Å². The number of nitrogens with two attached hydrogens (primary N) is 1. The van der Waals surface area contributed by atoms with Gasteiger partial charge in [0.25, 0.3) is 0 Å². The second-order valence-electron chi connectivity index (χ2n) is 3.49. The maximum Gasteiger partial charge on any atom is 0.392 e. The Balaban J connectivity index is 2.56. The number of hydrogen-bond donors (Lipinski definition) is 2. The highest BCUT2D eigenvalue weighted by molar-refractivity contribution is 7.80. The molecular weight excluding hydrogens is 227 g/mol. The van der Waals surface area contributed by atoms with Crippen molar-refractivity contribution in [2.75, 3.05) is 0 Å². The van der Waals surface area contributed by atoms with Crippen molar-refractivity contribution in [1.82, 2.24) is 5.43 Å². The highest BCUT2D eigenvalue weighted by Crippen LogP contribution is 2.36. The third-order valence-corrected chi connectivity index (χ3v) is 2.38. The Labute approximate surface area is 90.9 Å². The van der Waals surface area contributed by atoms with Crippen LogP contribution in [0.2, 0.25) is 0 Å². The van der Waals surface area contributed by atoms with E-state index in [0.717, 1.165) is 0 Å². The predicted molar refractivity (Wildman–Crippen MR) is 55.4 cm³/mol. The Bertz CT molecular complexity index is 275. The molecule has 0 aromatic heterocycles. The normalized spacial score (nSPS) is 25.3. The van der Waals surface area contributed by atoms with E-state index in [1.165, 1.54) is 0 Å². The fourth-order valence-corrected chi connectivity index (χ4v) is 1.60. The number of nitrogens with one attached hydrogen (secondary N) is 1. The summed E-state index contributed by atoms with van der Waals surface area (Å²) in [6.45, 7) is 0. The predicted octanol–water partition coefficient (Wildman–Crippen LogP) is 1.93. The molecule has 1 atom stereocenters. The average molecular weight is 239 g/mol. The van der Waals surface area contributed by atoms with Crippen LogP contribution in [-0.4, -0.2) is 17.0 Å². The smallest absolute Gasteiger partial charge is 0.375 e. The third kappa shape index (κ3) is 4.03. The van der Waals surface area contributed by atoms with Crippen LogP contribution in [0.5, 0.6) is 0 Å². The summed E-state index contributed by atoms with van der Waals surface area (Å²) < 4.78 is 37.2. The lowest BCUT2D eigenvalue weighted by atomic mass is 9.87. The molecule has 0 bridgehead atoms. The standard InChI is InChI=1S/C8H12F3N3S/c9-8(10,11)5-2-1-3-6(4-5)13-14-7(12)15/h5H,1-4H2,(H3,12,14,15)/b13-6+/t5-/m0/s1. The molecule has 0 aromatic rings. The molecule has 1 aliphatic carbocycles. The van der Waals surface area contributed by atoms with Gasteiger partial charge in [0.05, 0.1) is 5.92 Å². The Morgan fingerprint density at radius 3 is 2.73 bits per heavy atom. The van der Waals surface area contributed by atoms with Crippen LogP contribution in [-0.2, 0) is 0 Å². The highest BCUT2D eigenvalue weighted by Gasteiger charge is 2.41. The average Bonchev–Trinajstić information content (AvgIpc) is 2.14. The van der Waals surface area contributed by atoms with Crippen LogP contribution >= 0.6 is 12.2 Å². The molecule has 1 saturated carbocycles. The van der Waals surface area contributed by atoms with E-state index in [4.69, 9.17) is 5.73 Å². The summed E-state index contributed by atoms with van der Waals surface area (Å²) in [6.07, 6.45) is -2.94. The van der Waals surface area contributed by atoms with Gasteiger partial charge in [-0.3, -0.25) is 5.43 Å². The SMILES string of the molecule is NC(=S)N/N=C1\CCC[C@H](C(F)(F)F)C1. The monoisotopic (exact) mass is 239 g/mol. The number of nitrogens with zero attached hydrogens (tertiary/aromatic N) is 1. The van der Waals surface area contributed by atoms with Crippen molar-refractivity contribution in [3.8, 4) is 0 Å². The summed E-state index contributed by atoms with van der Waals surface area (Å²) in [5.41, 5.74) is 7.92. The molecule has 1 fully saturated rings. The van der Waals surface area contributed by atoms with Gasteiger partial charge in [-0.15, -0.1) is 0 Å². The minimum absolute atomic E-state index is 0.0309.